The van der Waals surface area contributed by atoms with Crippen molar-refractivity contribution in [1.29, 1.82) is 0 Å². The van der Waals surface area contributed by atoms with Crippen molar-refractivity contribution in [2.24, 2.45) is 5.41 Å². The monoisotopic (exact) mass is 277 g/mol. The molecule has 0 aliphatic carbocycles. The van der Waals surface area contributed by atoms with Gasteiger partial charge in [-0.25, -0.2) is 4.68 Å². The lowest BCUT2D eigenvalue weighted by Crippen LogP contribution is -2.34. The van der Waals surface area contributed by atoms with Crippen LogP contribution in [0.15, 0.2) is 17.1 Å². The molecule has 0 unspecified atom stereocenters. The van der Waals surface area contributed by atoms with E-state index in [-0.39, 0.29) is 17.9 Å². The Bertz CT molecular complexity index is 537. The number of anilines is 1. The van der Waals surface area contributed by atoms with Gasteiger partial charge in [0.1, 0.15) is 6.54 Å². The van der Waals surface area contributed by atoms with Crippen LogP contribution in [-0.2, 0) is 11.3 Å². The molecule has 0 N–H and O–H groups in total. The maximum atomic E-state index is 12.1. The van der Waals surface area contributed by atoms with Crippen LogP contribution in [0, 0.1) is 5.41 Å². The summed E-state index contributed by atoms with van der Waals surface area (Å²) >= 11 is 0. The number of rotatable bonds is 3. The molecule has 0 spiro atoms. The van der Waals surface area contributed by atoms with Crippen LogP contribution in [0.25, 0.3) is 0 Å². The van der Waals surface area contributed by atoms with Crippen molar-refractivity contribution >= 4 is 11.5 Å². The Labute approximate surface area is 119 Å². The van der Waals surface area contributed by atoms with Gasteiger partial charge in [-0.1, -0.05) is 20.8 Å². The van der Waals surface area contributed by atoms with Crippen molar-refractivity contribution in [3.63, 3.8) is 0 Å². The standard InChI is InChI=1S/C15H23N3O2/c1-15(2,3)13(19)11-18-14(20)9-12(10-16-18)17-7-5-4-6-8-17/h9-10H,4-8,11H2,1-3H3. The van der Waals surface area contributed by atoms with Gasteiger partial charge >= 0.3 is 0 Å². The van der Waals surface area contributed by atoms with E-state index in [1.165, 1.54) is 11.1 Å². The molecule has 20 heavy (non-hydrogen) atoms. The van der Waals surface area contributed by atoms with E-state index in [4.69, 9.17) is 0 Å². The van der Waals surface area contributed by atoms with Gasteiger partial charge in [-0.2, -0.15) is 5.10 Å². The first-order valence-electron chi connectivity index (χ1n) is 7.23. The molecule has 1 fully saturated rings. The summed E-state index contributed by atoms with van der Waals surface area (Å²) < 4.78 is 1.25. The fourth-order valence-corrected chi connectivity index (χ4v) is 2.24. The number of Topliss-reactive ketones (excluding diaryl/α,β-unsaturated/α-hetero) is 1. The van der Waals surface area contributed by atoms with E-state index >= 15 is 0 Å². The minimum absolute atomic E-state index is 0.0119. The maximum Gasteiger partial charge on any atom is 0.269 e. The molecule has 1 aromatic rings. The second-order valence-corrected chi connectivity index (χ2v) is 6.43. The minimum atomic E-state index is -0.452. The Balaban J connectivity index is 2.14. The van der Waals surface area contributed by atoms with Gasteiger partial charge < -0.3 is 4.90 Å². The van der Waals surface area contributed by atoms with E-state index in [1.807, 2.05) is 20.8 Å². The normalized spacial score (nSPS) is 16.2. The quantitative estimate of drug-likeness (QED) is 0.846. The fourth-order valence-electron chi connectivity index (χ4n) is 2.24. The number of aromatic nitrogens is 2. The third-order valence-corrected chi connectivity index (χ3v) is 3.71. The van der Waals surface area contributed by atoms with Crippen molar-refractivity contribution in [3.8, 4) is 0 Å². The van der Waals surface area contributed by atoms with E-state index in [2.05, 4.69) is 10.00 Å². The lowest BCUT2D eigenvalue weighted by Gasteiger charge is -2.28. The lowest BCUT2D eigenvalue weighted by atomic mass is 9.91. The molecule has 1 aliphatic heterocycles. The highest BCUT2D eigenvalue weighted by Crippen LogP contribution is 2.17. The maximum absolute atomic E-state index is 12.1. The number of ketones is 1. The number of hydrogen-bond donors (Lipinski definition) is 0. The fraction of sp³-hybridized carbons (Fsp3) is 0.667. The van der Waals surface area contributed by atoms with Crippen molar-refractivity contribution in [2.75, 3.05) is 18.0 Å². The Morgan fingerprint density at radius 2 is 1.90 bits per heavy atom. The molecule has 0 bridgehead atoms. The molecule has 0 aromatic carbocycles. The first kappa shape index (κ1) is 14.8. The molecular formula is C15H23N3O2. The van der Waals surface area contributed by atoms with Gasteiger partial charge in [-0.05, 0) is 19.3 Å². The summed E-state index contributed by atoms with van der Waals surface area (Å²) in [5, 5.41) is 4.15. The third-order valence-electron chi connectivity index (χ3n) is 3.71. The Morgan fingerprint density at radius 1 is 1.25 bits per heavy atom. The van der Waals surface area contributed by atoms with E-state index in [9.17, 15) is 9.59 Å². The molecule has 2 heterocycles. The number of carbonyl (C=O) groups excluding carboxylic acids is 1. The Morgan fingerprint density at radius 3 is 2.45 bits per heavy atom. The topological polar surface area (TPSA) is 55.2 Å². The predicted octanol–water partition coefficient (Wildman–Crippen LogP) is 1.85. The summed E-state index contributed by atoms with van der Waals surface area (Å²) in [6.45, 7) is 7.55. The van der Waals surface area contributed by atoms with Gasteiger partial charge in [0.15, 0.2) is 5.78 Å². The van der Waals surface area contributed by atoms with Crippen LogP contribution >= 0.6 is 0 Å². The molecule has 110 valence electrons. The van der Waals surface area contributed by atoms with Crippen molar-refractivity contribution < 1.29 is 4.79 Å². The van der Waals surface area contributed by atoms with E-state index in [0.29, 0.717) is 0 Å². The van der Waals surface area contributed by atoms with Gasteiger partial charge in [-0.3, -0.25) is 9.59 Å². The van der Waals surface area contributed by atoms with Crippen LogP contribution in [0.2, 0.25) is 0 Å². The highest BCUT2D eigenvalue weighted by Gasteiger charge is 2.22. The molecular weight excluding hydrogens is 254 g/mol. The van der Waals surface area contributed by atoms with Crippen LogP contribution in [0.5, 0.6) is 0 Å². The Hall–Kier alpha value is -1.65. The predicted molar refractivity (Wildman–Crippen MR) is 79.0 cm³/mol. The smallest absolute Gasteiger partial charge is 0.269 e. The van der Waals surface area contributed by atoms with Gasteiger partial charge in [0.2, 0.25) is 0 Å². The SMILES string of the molecule is CC(C)(C)C(=O)Cn1ncc(N2CCCCC2)cc1=O. The number of carbonyl (C=O) groups is 1. The molecule has 0 atom stereocenters. The van der Waals surface area contributed by atoms with Crippen LogP contribution in [-0.4, -0.2) is 28.7 Å². The van der Waals surface area contributed by atoms with Gasteiger partial charge in [0, 0.05) is 24.6 Å². The largest absolute Gasteiger partial charge is 0.370 e. The summed E-state index contributed by atoms with van der Waals surface area (Å²) in [4.78, 5) is 26.2. The van der Waals surface area contributed by atoms with Gasteiger partial charge in [0.05, 0.1) is 11.9 Å². The van der Waals surface area contributed by atoms with E-state index in [1.54, 1.807) is 12.3 Å². The third kappa shape index (κ3) is 3.46. The summed E-state index contributed by atoms with van der Waals surface area (Å²) in [6.07, 6.45) is 5.26. The molecule has 0 saturated carbocycles. The molecule has 0 radical (unpaired) electrons. The summed E-state index contributed by atoms with van der Waals surface area (Å²) in [6, 6.07) is 1.59. The van der Waals surface area contributed by atoms with Crippen LogP contribution in [0.3, 0.4) is 0 Å². The summed E-state index contributed by atoms with van der Waals surface area (Å²) in [5.41, 5.74) is 0.215. The van der Waals surface area contributed by atoms with Crippen LogP contribution in [0.1, 0.15) is 40.0 Å². The second-order valence-electron chi connectivity index (χ2n) is 6.43. The highest BCUT2D eigenvalue weighted by molar-refractivity contribution is 5.83. The van der Waals surface area contributed by atoms with Gasteiger partial charge in [-0.15, -0.1) is 0 Å². The average Bonchev–Trinajstić information content (AvgIpc) is 2.41. The highest BCUT2D eigenvalue weighted by atomic mass is 16.1. The summed E-state index contributed by atoms with van der Waals surface area (Å²) in [7, 11) is 0. The van der Waals surface area contributed by atoms with Crippen molar-refractivity contribution in [1.82, 2.24) is 9.78 Å². The lowest BCUT2D eigenvalue weighted by molar-refractivity contribution is -0.127. The number of nitrogens with zero attached hydrogens (tertiary/aromatic N) is 3. The number of piperidine rings is 1. The molecule has 2 rings (SSSR count). The molecule has 1 aliphatic rings. The van der Waals surface area contributed by atoms with Crippen LogP contribution in [0.4, 0.5) is 5.69 Å². The first-order valence-corrected chi connectivity index (χ1v) is 7.23. The van der Waals surface area contributed by atoms with Crippen molar-refractivity contribution in [2.45, 2.75) is 46.6 Å². The zero-order valence-electron chi connectivity index (χ0n) is 12.6. The van der Waals surface area contributed by atoms with Crippen LogP contribution < -0.4 is 10.5 Å². The number of hydrogen-bond acceptors (Lipinski definition) is 4. The van der Waals surface area contributed by atoms with E-state index in [0.717, 1.165) is 31.6 Å². The van der Waals surface area contributed by atoms with Crippen molar-refractivity contribution in [3.05, 3.63) is 22.6 Å². The molecule has 5 heteroatoms. The molecule has 5 nitrogen and oxygen atoms in total. The average molecular weight is 277 g/mol. The van der Waals surface area contributed by atoms with Gasteiger partial charge in [0.25, 0.3) is 5.56 Å². The molecule has 1 saturated heterocycles. The zero-order valence-corrected chi connectivity index (χ0v) is 12.6. The minimum Gasteiger partial charge on any atom is -0.370 e. The second kappa shape index (κ2) is 5.77. The zero-order chi connectivity index (χ0) is 14.8. The molecule has 0 amide bonds. The summed E-state index contributed by atoms with van der Waals surface area (Å²) in [5.74, 6) is 0.0119. The molecule has 1 aromatic heterocycles. The Kier molecular flexibility index (Phi) is 4.26. The van der Waals surface area contributed by atoms with E-state index < -0.39 is 5.41 Å². The first-order chi connectivity index (χ1) is 9.38.